The number of nitrogens with one attached hydrogen (secondary N) is 2. The van der Waals surface area contributed by atoms with Crippen molar-refractivity contribution >= 4 is 23.8 Å². The van der Waals surface area contributed by atoms with Crippen LogP contribution in [0.1, 0.15) is 90.9 Å². The summed E-state index contributed by atoms with van der Waals surface area (Å²) in [6.45, 7) is 5.24. The van der Waals surface area contributed by atoms with Crippen LogP contribution in [-0.4, -0.2) is 49.1 Å². The van der Waals surface area contributed by atoms with Gasteiger partial charge in [-0.15, -0.1) is 0 Å². The predicted molar refractivity (Wildman–Crippen MR) is 113 cm³/mol. The summed E-state index contributed by atoms with van der Waals surface area (Å²) in [6.07, 6.45) is 5.86. The summed E-state index contributed by atoms with van der Waals surface area (Å²) in [5.74, 6) is -0.840. The van der Waals surface area contributed by atoms with Gasteiger partial charge in [-0.2, -0.15) is 0 Å². The highest BCUT2D eigenvalue weighted by Gasteiger charge is 2.31. The normalized spacial score (nSPS) is 18.3. The maximum Gasteiger partial charge on any atom is 0.306 e. The first-order valence-electron chi connectivity index (χ1n) is 11.4. The van der Waals surface area contributed by atoms with Crippen molar-refractivity contribution in [1.29, 1.82) is 0 Å². The summed E-state index contributed by atoms with van der Waals surface area (Å²) in [5.41, 5.74) is 0. The van der Waals surface area contributed by atoms with E-state index in [4.69, 9.17) is 9.47 Å². The van der Waals surface area contributed by atoms with E-state index in [2.05, 4.69) is 10.6 Å². The Bertz CT molecular complexity index is 504. The molecule has 0 spiro atoms. The smallest absolute Gasteiger partial charge is 0.306 e. The lowest BCUT2D eigenvalue weighted by molar-refractivity contribution is -0.171. The lowest BCUT2D eigenvalue weighted by Crippen LogP contribution is -2.38. The molecule has 0 heterocycles. The predicted octanol–water partition coefficient (Wildman–Crippen LogP) is 2.78. The molecule has 1 aliphatic carbocycles. The molecule has 172 valence electrons. The third-order valence-electron chi connectivity index (χ3n) is 4.92. The van der Waals surface area contributed by atoms with Crippen LogP contribution in [0, 0.1) is 0 Å². The molecule has 1 saturated carbocycles. The fourth-order valence-corrected chi connectivity index (χ4v) is 3.28. The van der Waals surface area contributed by atoms with E-state index in [0.717, 1.165) is 25.7 Å². The number of esters is 2. The maximum atomic E-state index is 12.1. The average molecular weight is 427 g/mol. The largest absolute Gasteiger partial charge is 0.458 e. The number of amides is 2. The topological polar surface area (TPSA) is 111 Å². The van der Waals surface area contributed by atoms with E-state index in [1.54, 1.807) is 0 Å². The zero-order chi connectivity index (χ0) is 22.2. The van der Waals surface area contributed by atoms with Crippen molar-refractivity contribution in [2.75, 3.05) is 13.1 Å². The summed E-state index contributed by atoms with van der Waals surface area (Å²) >= 11 is 0. The molecule has 0 aliphatic heterocycles. The van der Waals surface area contributed by atoms with Crippen molar-refractivity contribution in [3.05, 3.63) is 0 Å². The van der Waals surface area contributed by atoms with Gasteiger partial charge < -0.3 is 20.1 Å². The van der Waals surface area contributed by atoms with Gasteiger partial charge in [0, 0.05) is 38.8 Å². The summed E-state index contributed by atoms with van der Waals surface area (Å²) < 4.78 is 11.1. The molecule has 0 aromatic heterocycles. The number of hydrogen-bond acceptors (Lipinski definition) is 6. The van der Waals surface area contributed by atoms with Crippen LogP contribution in [0.2, 0.25) is 0 Å². The standard InChI is InChI=1S/C22H38N2O6/c1-3-15-23-19(25)11-7-13-21(27)29-17-9-5-6-10-18(17)30-22(28)14-8-12-20(26)24-16-4-2/h17-18H,3-16H2,1-2H3,(H,23,25)(H,24,26)/t17-,18-/m1/s1. The van der Waals surface area contributed by atoms with Crippen LogP contribution >= 0.6 is 0 Å². The van der Waals surface area contributed by atoms with Gasteiger partial charge >= 0.3 is 11.9 Å². The summed E-state index contributed by atoms with van der Waals surface area (Å²) in [6, 6.07) is 0. The van der Waals surface area contributed by atoms with Crippen LogP contribution < -0.4 is 10.6 Å². The summed E-state index contributed by atoms with van der Waals surface area (Å²) in [7, 11) is 0. The molecule has 0 aromatic rings. The Morgan fingerprint density at radius 1 is 0.700 bits per heavy atom. The molecular weight excluding hydrogens is 388 g/mol. The number of carbonyl (C=O) groups is 4. The highest BCUT2D eigenvalue weighted by molar-refractivity contribution is 5.77. The zero-order valence-corrected chi connectivity index (χ0v) is 18.5. The first kappa shape index (κ1) is 25.9. The van der Waals surface area contributed by atoms with Crippen molar-refractivity contribution in [3.63, 3.8) is 0 Å². The van der Waals surface area contributed by atoms with Gasteiger partial charge in [-0.05, 0) is 51.4 Å². The summed E-state index contributed by atoms with van der Waals surface area (Å²) in [5, 5.41) is 5.55. The molecule has 1 aliphatic rings. The van der Waals surface area contributed by atoms with Gasteiger partial charge in [0.05, 0.1) is 0 Å². The molecule has 0 radical (unpaired) electrons. The van der Waals surface area contributed by atoms with Gasteiger partial charge in [0.2, 0.25) is 11.8 Å². The van der Waals surface area contributed by atoms with E-state index in [1.165, 1.54) is 0 Å². The molecule has 2 amide bonds. The Labute approximate surface area is 179 Å². The molecule has 2 N–H and O–H groups in total. The molecule has 0 unspecified atom stereocenters. The highest BCUT2D eigenvalue weighted by atomic mass is 16.6. The molecule has 1 rings (SSSR count). The fraction of sp³-hybridized carbons (Fsp3) is 0.818. The number of carbonyl (C=O) groups excluding carboxylic acids is 4. The Hall–Kier alpha value is -2.12. The van der Waals surface area contributed by atoms with Crippen LogP contribution in [0.25, 0.3) is 0 Å². The quantitative estimate of drug-likeness (QED) is 0.413. The minimum Gasteiger partial charge on any atom is -0.458 e. The fourth-order valence-electron chi connectivity index (χ4n) is 3.28. The molecule has 1 fully saturated rings. The van der Waals surface area contributed by atoms with Crippen molar-refractivity contribution in [2.45, 2.75) is 103 Å². The maximum absolute atomic E-state index is 12.1. The Morgan fingerprint density at radius 3 is 1.47 bits per heavy atom. The summed E-state index contributed by atoms with van der Waals surface area (Å²) in [4.78, 5) is 47.4. The van der Waals surface area contributed by atoms with Crippen molar-refractivity contribution in [3.8, 4) is 0 Å². The van der Waals surface area contributed by atoms with Crippen LogP contribution in [0.3, 0.4) is 0 Å². The van der Waals surface area contributed by atoms with E-state index in [1.807, 2.05) is 13.8 Å². The third-order valence-corrected chi connectivity index (χ3v) is 4.92. The van der Waals surface area contributed by atoms with Crippen molar-refractivity contribution < 1.29 is 28.7 Å². The minimum absolute atomic E-state index is 0.0579. The van der Waals surface area contributed by atoms with Gasteiger partial charge in [-0.25, -0.2) is 0 Å². The van der Waals surface area contributed by atoms with Crippen LogP contribution in [-0.2, 0) is 28.7 Å². The van der Waals surface area contributed by atoms with Crippen molar-refractivity contribution in [2.24, 2.45) is 0 Å². The van der Waals surface area contributed by atoms with Crippen LogP contribution in [0.5, 0.6) is 0 Å². The molecule has 8 heteroatoms. The monoisotopic (exact) mass is 426 g/mol. The molecule has 8 nitrogen and oxygen atoms in total. The second-order valence-corrected chi connectivity index (χ2v) is 7.75. The number of rotatable bonds is 14. The van der Waals surface area contributed by atoms with E-state index in [-0.39, 0.29) is 36.6 Å². The molecule has 0 aromatic carbocycles. The van der Waals surface area contributed by atoms with Gasteiger partial charge in [0.15, 0.2) is 0 Å². The Morgan fingerprint density at radius 2 is 1.10 bits per heavy atom. The van der Waals surface area contributed by atoms with Crippen molar-refractivity contribution in [1.82, 2.24) is 10.6 Å². The second-order valence-electron chi connectivity index (χ2n) is 7.75. The van der Waals surface area contributed by atoms with Gasteiger partial charge in [-0.1, -0.05) is 13.8 Å². The average Bonchev–Trinajstić information content (AvgIpc) is 2.72. The molecule has 0 saturated heterocycles. The van der Waals surface area contributed by atoms with Crippen LogP contribution in [0.4, 0.5) is 0 Å². The number of ether oxygens (including phenoxy) is 2. The molecule has 0 bridgehead atoms. The second kappa shape index (κ2) is 15.7. The molecule has 2 atom stereocenters. The van der Waals surface area contributed by atoms with Gasteiger partial charge in [0.1, 0.15) is 12.2 Å². The van der Waals surface area contributed by atoms with Gasteiger partial charge in [0.25, 0.3) is 0 Å². The lowest BCUT2D eigenvalue weighted by Gasteiger charge is -2.30. The van der Waals surface area contributed by atoms with E-state index in [9.17, 15) is 19.2 Å². The highest BCUT2D eigenvalue weighted by Crippen LogP contribution is 2.25. The third kappa shape index (κ3) is 11.8. The molecular formula is C22H38N2O6. The van der Waals surface area contributed by atoms with E-state index in [0.29, 0.717) is 51.6 Å². The lowest BCUT2D eigenvalue weighted by atomic mass is 9.94. The SMILES string of the molecule is CCCNC(=O)CCCC(=O)O[C@@H]1CCCC[C@H]1OC(=O)CCCC(=O)NCCC. The minimum atomic E-state index is -0.433. The van der Waals surface area contributed by atoms with Crippen LogP contribution in [0.15, 0.2) is 0 Å². The van der Waals surface area contributed by atoms with Gasteiger partial charge in [-0.3, -0.25) is 19.2 Å². The first-order valence-corrected chi connectivity index (χ1v) is 11.4. The zero-order valence-electron chi connectivity index (χ0n) is 18.5. The first-order chi connectivity index (χ1) is 14.5. The Balaban J connectivity index is 2.30. The Kier molecular flexibility index (Phi) is 13.5. The van der Waals surface area contributed by atoms with E-state index < -0.39 is 12.2 Å². The molecule has 30 heavy (non-hydrogen) atoms. The van der Waals surface area contributed by atoms with E-state index >= 15 is 0 Å². The number of hydrogen-bond donors (Lipinski definition) is 2.